The Labute approximate surface area is 259 Å². The molecule has 0 bridgehead atoms. The van der Waals surface area contributed by atoms with E-state index >= 15 is 0 Å². The third-order valence-corrected chi connectivity index (χ3v) is 8.95. The molecule has 0 N–H and O–H groups in total. The lowest BCUT2D eigenvalue weighted by atomic mass is 9.94. The molecule has 0 amide bonds. The molecule has 0 unspecified atom stereocenters. The highest BCUT2D eigenvalue weighted by molar-refractivity contribution is 6.13. The number of hydrogen-bond acceptors (Lipinski definition) is 3. The molecule has 5 heteroatoms. The molecule has 4 heterocycles. The van der Waals surface area contributed by atoms with Gasteiger partial charge in [-0.15, -0.1) is 0 Å². The molecule has 0 aliphatic rings. The van der Waals surface area contributed by atoms with Crippen molar-refractivity contribution in [2.45, 2.75) is 13.8 Å². The number of nitrogens with zero attached hydrogens (tertiary/aromatic N) is 4. The summed E-state index contributed by atoms with van der Waals surface area (Å²) in [7, 11) is 0. The summed E-state index contributed by atoms with van der Waals surface area (Å²) in [6, 6.07) is 40.3. The van der Waals surface area contributed by atoms with E-state index in [4.69, 9.17) is 9.72 Å². The van der Waals surface area contributed by atoms with Gasteiger partial charge < -0.3 is 4.74 Å². The lowest BCUT2D eigenvalue weighted by Crippen LogP contribution is -1.96. The molecule has 0 fully saturated rings. The van der Waals surface area contributed by atoms with Crippen LogP contribution in [0.15, 0.2) is 134 Å². The monoisotopic (exact) mass is 580 g/mol. The first-order chi connectivity index (χ1) is 22.1. The van der Waals surface area contributed by atoms with E-state index in [1.165, 1.54) is 33.0 Å². The van der Waals surface area contributed by atoms with E-state index < -0.39 is 0 Å². The number of fused-ring (bicyclic) bond motifs is 9. The number of ether oxygens (including phenoxy) is 1. The van der Waals surface area contributed by atoms with E-state index in [2.05, 4.69) is 119 Å². The van der Waals surface area contributed by atoms with Crippen LogP contribution in [-0.2, 0) is 0 Å². The zero-order valence-electron chi connectivity index (χ0n) is 24.9. The fourth-order valence-electron chi connectivity index (χ4n) is 6.97. The van der Waals surface area contributed by atoms with Gasteiger partial charge in [0.1, 0.15) is 23.0 Å². The van der Waals surface area contributed by atoms with E-state index in [1.807, 2.05) is 42.9 Å². The molecule has 45 heavy (non-hydrogen) atoms. The first kappa shape index (κ1) is 25.5. The predicted molar refractivity (Wildman–Crippen MR) is 184 cm³/mol. The highest BCUT2D eigenvalue weighted by Crippen LogP contribution is 2.38. The summed E-state index contributed by atoms with van der Waals surface area (Å²) in [6.45, 7) is 4.36. The lowest BCUT2D eigenvalue weighted by molar-refractivity contribution is 0.484. The van der Waals surface area contributed by atoms with Crippen molar-refractivity contribution in [1.29, 1.82) is 0 Å². The van der Waals surface area contributed by atoms with Crippen LogP contribution in [0, 0.1) is 13.8 Å². The van der Waals surface area contributed by atoms with Gasteiger partial charge in [-0.05, 0) is 96.1 Å². The number of rotatable bonds is 4. The van der Waals surface area contributed by atoms with Gasteiger partial charge in [-0.3, -0.25) is 8.97 Å². The van der Waals surface area contributed by atoms with Crippen LogP contribution in [0.5, 0.6) is 11.5 Å². The van der Waals surface area contributed by atoms with Crippen LogP contribution in [-0.4, -0.2) is 18.9 Å². The molecule has 9 rings (SSSR count). The first-order valence-corrected chi connectivity index (χ1v) is 15.2. The molecular formula is C40H28N4O. The average Bonchev–Trinajstić information content (AvgIpc) is 3.69. The number of imidazole rings is 1. The predicted octanol–water partition coefficient (Wildman–Crippen LogP) is 10.2. The van der Waals surface area contributed by atoms with Gasteiger partial charge in [0.2, 0.25) is 0 Å². The minimum absolute atomic E-state index is 0.763. The number of benzene rings is 5. The largest absolute Gasteiger partial charge is 0.457 e. The van der Waals surface area contributed by atoms with E-state index in [0.29, 0.717) is 0 Å². The van der Waals surface area contributed by atoms with Crippen molar-refractivity contribution in [3.05, 3.63) is 145 Å². The highest BCUT2D eigenvalue weighted by atomic mass is 16.5. The Morgan fingerprint density at radius 1 is 0.533 bits per heavy atom. The van der Waals surface area contributed by atoms with E-state index in [0.717, 1.165) is 55.7 Å². The molecular weight excluding hydrogens is 552 g/mol. The Balaban J connectivity index is 1.17. The molecule has 0 atom stereocenters. The molecule has 214 valence electrons. The zero-order chi connectivity index (χ0) is 30.1. The van der Waals surface area contributed by atoms with Crippen molar-refractivity contribution >= 4 is 49.1 Å². The van der Waals surface area contributed by atoms with Crippen molar-refractivity contribution in [3.63, 3.8) is 0 Å². The van der Waals surface area contributed by atoms with Crippen LogP contribution < -0.4 is 4.74 Å². The SMILES string of the molecule is Cc1cccc(C)c1-c1ccc2c3ccc(Oc4ccc5c6ccccc6n(-c6ccccn6)c5c4)cc3c3nccn3c2c1. The molecule has 5 aromatic carbocycles. The van der Waals surface area contributed by atoms with Crippen LogP contribution >= 0.6 is 0 Å². The Kier molecular flexibility index (Phi) is 5.56. The number of aryl methyl sites for hydroxylation is 2. The van der Waals surface area contributed by atoms with Gasteiger partial charge in [-0.1, -0.05) is 54.6 Å². The van der Waals surface area contributed by atoms with Gasteiger partial charge in [0, 0.05) is 46.2 Å². The van der Waals surface area contributed by atoms with Gasteiger partial charge in [-0.2, -0.15) is 0 Å². The Morgan fingerprint density at radius 2 is 1.27 bits per heavy atom. The van der Waals surface area contributed by atoms with Crippen molar-refractivity contribution in [2.75, 3.05) is 0 Å². The molecule has 0 saturated carbocycles. The van der Waals surface area contributed by atoms with Crippen LogP contribution in [0.3, 0.4) is 0 Å². The Bertz CT molecular complexity index is 2570. The fraction of sp³-hybridized carbons (Fsp3) is 0.0500. The lowest BCUT2D eigenvalue weighted by Gasteiger charge is -2.14. The summed E-state index contributed by atoms with van der Waals surface area (Å²) in [5.41, 5.74) is 9.26. The minimum atomic E-state index is 0.763. The van der Waals surface area contributed by atoms with Crippen LogP contribution in [0.2, 0.25) is 0 Å². The van der Waals surface area contributed by atoms with Gasteiger partial charge >= 0.3 is 0 Å². The average molecular weight is 581 g/mol. The molecule has 0 radical (unpaired) electrons. The topological polar surface area (TPSA) is 44.3 Å². The number of para-hydroxylation sites is 1. The van der Waals surface area contributed by atoms with Gasteiger partial charge in [0.25, 0.3) is 0 Å². The number of aromatic nitrogens is 4. The Hall–Kier alpha value is -5.94. The third-order valence-electron chi connectivity index (χ3n) is 8.95. The van der Waals surface area contributed by atoms with Gasteiger partial charge in [0.05, 0.1) is 16.6 Å². The number of pyridine rings is 2. The van der Waals surface area contributed by atoms with Crippen LogP contribution in [0.25, 0.3) is 66.1 Å². The van der Waals surface area contributed by atoms with Gasteiger partial charge in [-0.25, -0.2) is 9.97 Å². The minimum Gasteiger partial charge on any atom is -0.457 e. The van der Waals surface area contributed by atoms with Crippen LogP contribution in [0.1, 0.15) is 11.1 Å². The molecule has 0 spiro atoms. The second-order valence-electron chi connectivity index (χ2n) is 11.6. The molecule has 4 aromatic heterocycles. The van der Waals surface area contributed by atoms with E-state index in [-0.39, 0.29) is 0 Å². The summed E-state index contributed by atoms with van der Waals surface area (Å²) in [6.07, 6.45) is 5.75. The zero-order valence-corrected chi connectivity index (χ0v) is 24.9. The van der Waals surface area contributed by atoms with Crippen molar-refractivity contribution < 1.29 is 4.74 Å². The maximum absolute atomic E-state index is 6.55. The third kappa shape index (κ3) is 3.94. The second kappa shape index (κ2) is 9.79. The molecule has 0 aliphatic heterocycles. The fourth-order valence-corrected chi connectivity index (χ4v) is 6.97. The summed E-state index contributed by atoms with van der Waals surface area (Å²) >= 11 is 0. The van der Waals surface area contributed by atoms with Crippen LogP contribution in [0.4, 0.5) is 0 Å². The Morgan fingerprint density at radius 3 is 2.11 bits per heavy atom. The maximum atomic E-state index is 6.55. The molecule has 5 nitrogen and oxygen atoms in total. The smallest absolute Gasteiger partial charge is 0.145 e. The van der Waals surface area contributed by atoms with E-state index in [9.17, 15) is 0 Å². The molecule has 0 saturated heterocycles. The second-order valence-corrected chi connectivity index (χ2v) is 11.6. The first-order valence-electron chi connectivity index (χ1n) is 15.2. The van der Waals surface area contributed by atoms with Crippen molar-refractivity contribution in [2.24, 2.45) is 0 Å². The van der Waals surface area contributed by atoms with E-state index in [1.54, 1.807) is 0 Å². The summed E-state index contributed by atoms with van der Waals surface area (Å²) in [4.78, 5) is 9.45. The highest BCUT2D eigenvalue weighted by Gasteiger charge is 2.16. The number of hydrogen-bond donors (Lipinski definition) is 0. The molecule has 0 aliphatic carbocycles. The van der Waals surface area contributed by atoms with Gasteiger partial charge in [0.15, 0.2) is 0 Å². The van der Waals surface area contributed by atoms with Crippen molar-refractivity contribution in [3.8, 4) is 28.4 Å². The normalized spacial score (nSPS) is 11.8. The van der Waals surface area contributed by atoms with Crippen molar-refractivity contribution in [1.82, 2.24) is 18.9 Å². The quantitative estimate of drug-likeness (QED) is 0.195. The summed E-state index contributed by atoms with van der Waals surface area (Å²) in [5, 5.41) is 5.72. The maximum Gasteiger partial charge on any atom is 0.145 e. The summed E-state index contributed by atoms with van der Waals surface area (Å²) < 4.78 is 10.9. The standard InChI is InChI=1S/C40H28N4O/c1-25-8-7-9-26(2)39(25)27-13-16-32-30-17-14-28(23-34(30)40-42-20-21-43(40)36(32)22-27)45-29-15-18-33-31-10-3-4-11-35(31)44(37(33)24-29)38-12-5-6-19-41-38/h3-24H,1-2H3. The molecule has 9 aromatic rings. The summed E-state index contributed by atoms with van der Waals surface area (Å²) in [5.74, 6) is 2.40.